The van der Waals surface area contributed by atoms with E-state index in [0.717, 1.165) is 11.3 Å². The topological polar surface area (TPSA) is 46.6 Å². The molecule has 0 radical (unpaired) electrons. The number of carbonyl (C=O) groups is 2. The number of ketones is 1. The minimum Gasteiger partial charge on any atom is -0.468 e. The minimum atomic E-state index is -0.696. The highest BCUT2D eigenvalue weighted by molar-refractivity contribution is 6.11. The number of benzene rings is 2. The number of amides is 1. The predicted molar refractivity (Wildman–Crippen MR) is 94.5 cm³/mol. The highest BCUT2D eigenvalue weighted by Crippen LogP contribution is 2.50. The number of hydrogen-bond donors (Lipinski definition) is 0. The second-order valence-corrected chi connectivity index (χ2v) is 6.92. The maximum Gasteiger partial charge on any atom is 0.237 e. The number of likely N-dealkylation sites (tertiary alicyclic amines) is 1. The van der Waals surface area contributed by atoms with Crippen LogP contribution in [0.25, 0.3) is 0 Å². The van der Waals surface area contributed by atoms with E-state index in [9.17, 15) is 9.59 Å². The molecule has 2 bridgehead atoms. The number of piperidine rings is 1. The lowest BCUT2D eigenvalue weighted by Gasteiger charge is -2.52. The van der Waals surface area contributed by atoms with Crippen LogP contribution in [0.1, 0.15) is 42.1 Å². The van der Waals surface area contributed by atoms with Gasteiger partial charge in [-0.1, -0.05) is 48.5 Å². The lowest BCUT2D eigenvalue weighted by Crippen LogP contribution is -2.63. The van der Waals surface area contributed by atoms with E-state index in [4.69, 9.17) is 4.74 Å². The van der Waals surface area contributed by atoms with Gasteiger partial charge in [-0.2, -0.15) is 0 Å². The second kappa shape index (κ2) is 5.73. The summed E-state index contributed by atoms with van der Waals surface area (Å²) in [4.78, 5) is 28.1. The number of hydrogen-bond acceptors (Lipinski definition) is 3. The first kappa shape index (κ1) is 15.9. The molecule has 2 heterocycles. The van der Waals surface area contributed by atoms with Crippen LogP contribution in [0.2, 0.25) is 0 Å². The summed E-state index contributed by atoms with van der Waals surface area (Å²) >= 11 is 0. The average Bonchev–Trinajstić information content (AvgIpc) is 2.62. The molecule has 4 rings (SSSR count). The molecule has 0 spiro atoms. The van der Waals surface area contributed by atoms with Gasteiger partial charge in [0.2, 0.25) is 5.91 Å². The van der Waals surface area contributed by atoms with Crippen molar-refractivity contribution in [2.45, 2.75) is 31.9 Å². The van der Waals surface area contributed by atoms with E-state index in [2.05, 4.69) is 0 Å². The van der Waals surface area contributed by atoms with Crippen LogP contribution in [0.15, 0.2) is 54.6 Å². The molecule has 4 heteroatoms. The molecule has 128 valence electrons. The molecule has 2 aliphatic heterocycles. The molecule has 2 aromatic rings. The third-order valence-electron chi connectivity index (χ3n) is 5.41. The van der Waals surface area contributed by atoms with Crippen molar-refractivity contribution in [1.29, 1.82) is 0 Å². The molecular formula is C21H21NO3. The van der Waals surface area contributed by atoms with E-state index in [1.165, 1.54) is 0 Å². The Bertz CT molecular complexity index is 832. The first-order valence-electron chi connectivity index (χ1n) is 8.74. The fourth-order valence-corrected chi connectivity index (χ4v) is 4.28. The summed E-state index contributed by atoms with van der Waals surface area (Å²) in [6.45, 7) is 4.39. The molecule has 4 nitrogen and oxygen atoms in total. The van der Waals surface area contributed by atoms with Gasteiger partial charge in [-0.3, -0.25) is 9.59 Å². The summed E-state index contributed by atoms with van der Waals surface area (Å²) in [6, 6.07) is 16.9. The Morgan fingerprint density at radius 2 is 1.84 bits per heavy atom. The van der Waals surface area contributed by atoms with Gasteiger partial charge in [-0.15, -0.1) is 0 Å². The van der Waals surface area contributed by atoms with Gasteiger partial charge in [0.1, 0.15) is 11.7 Å². The van der Waals surface area contributed by atoms with Crippen LogP contribution in [0.3, 0.4) is 0 Å². The molecule has 0 aromatic heterocycles. The Balaban J connectivity index is 1.84. The molecule has 0 saturated carbocycles. The van der Waals surface area contributed by atoms with Crippen molar-refractivity contribution in [3.63, 3.8) is 0 Å². The van der Waals surface area contributed by atoms with Gasteiger partial charge < -0.3 is 9.64 Å². The van der Waals surface area contributed by atoms with Crippen LogP contribution < -0.4 is 4.74 Å². The highest BCUT2D eigenvalue weighted by Gasteiger charge is 2.55. The van der Waals surface area contributed by atoms with Crippen molar-refractivity contribution in [2.24, 2.45) is 5.92 Å². The zero-order valence-corrected chi connectivity index (χ0v) is 14.4. The molecule has 1 saturated heterocycles. The summed E-state index contributed by atoms with van der Waals surface area (Å²) in [5.74, 6) is -0.311. The summed E-state index contributed by atoms with van der Waals surface area (Å²) < 4.78 is 6.19. The van der Waals surface area contributed by atoms with Crippen molar-refractivity contribution in [3.8, 4) is 5.75 Å². The van der Waals surface area contributed by atoms with E-state index >= 15 is 0 Å². The number of carbonyl (C=O) groups excluding carboxylic acids is 2. The maximum absolute atomic E-state index is 13.2. The van der Waals surface area contributed by atoms with Crippen LogP contribution >= 0.6 is 0 Å². The molecular weight excluding hydrogens is 314 g/mol. The summed E-state index contributed by atoms with van der Waals surface area (Å²) in [5.41, 5.74) is 0.848. The first-order chi connectivity index (χ1) is 12.0. The van der Waals surface area contributed by atoms with Crippen LogP contribution in [-0.2, 0) is 4.79 Å². The Labute approximate surface area is 147 Å². The van der Waals surface area contributed by atoms with E-state index in [-0.39, 0.29) is 17.6 Å². The average molecular weight is 335 g/mol. The summed E-state index contributed by atoms with van der Waals surface area (Å²) in [5, 5.41) is 0. The molecule has 2 aromatic carbocycles. The number of ether oxygens (including phenoxy) is 1. The van der Waals surface area contributed by atoms with Gasteiger partial charge >= 0.3 is 0 Å². The lowest BCUT2D eigenvalue weighted by molar-refractivity contribution is -0.169. The van der Waals surface area contributed by atoms with E-state index in [1.54, 1.807) is 17.0 Å². The van der Waals surface area contributed by atoms with Crippen LogP contribution in [0.5, 0.6) is 5.75 Å². The van der Waals surface area contributed by atoms with Crippen LogP contribution in [0.4, 0.5) is 0 Å². The van der Waals surface area contributed by atoms with Crippen LogP contribution in [-0.4, -0.2) is 28.9 Å². The monoisotopic (exact) mass is 335 g/mol. The molecule has 3 unspecified atom stereocenters. The number of rotatable bonds is 3. The van der Waals surface area contributed by atoms with Gasteiger partial charge in [-0.25, -0.2) is 0 Å². The Morgan fingerprint density at radius 3 is 2.56 bits per heavy atom. The normalized spacial score (nSPS) is 27.4. The van der Waals surface area contributed by atoms with Crippen molar-refractivity contribution in [1.82, 2.24) is 4.90 Å². The number of nitrogens with zero attached hydrogens (tertiary/aromatic N) is 1. The third kappa shape index (κ3) is 2.36. The van der Waals surface area contributed by atoms with Crippen molar-refractivity contribution in [2.75, 3.05) is 6.54 Å². The lowest BCUT2D eigenvalue weighted by atomic mass is 9.71. The first-order valence-corrected chi connectivity index (χ1v) is 8.74. The largest absolute Gasteiger partial charge is 0.468 e. The minimum absolute atomic E-state index is 0.104. The Kier molecular flexibility index (Phi) is 3.64. The molecule has 25 heavy (non-hydrogen) atoms. The Morgan fingerprint density at radius 1 is 1.16 bits per heavy atom. The summed E-state index contributed by atoms with van der Waals surface area (Å²) in [7, 11) is 0. The van der Waals surface area contributed by atoms with Crippen molar-refractivity contribution >= 4 is 11.7 Å². The van der Waals surface area contributed by atoms with Gasteiger partial charge in [-0.05, 0) is 25.5 Å². The summed E-state index contributed by atoms with van der Waals surface area (Å²) in [6.07, 6.45) is 0.632. The zero-order valence-electron chi connectivity index (χ0n) is 14.4. The maximum atomic E-state index is 13.2. The quantitative estimate of drug-likeness (QED) is 0.636. The van der Waals surface area contributed by atoms with Gasteiger partial charge in [0.15, 0.2) is 11.5 Å². The molecule has 1 fully saturated rings. The van der Waals surface area contributed by atoms with E-state index < -0.39 is 11.6 Å². The van der Waals surface area contributed by atoms with Gasteiger partial charge in [0, 0.05) is 24.4 Å². The SMILES string of the molecule is CCN1C(=O)C(C(=O)c2ccccc2)C2CC1(C)Oc1ccccc12. The number of fused-ring (bicyclic) bond motifs is 4. The van der Waals surface area contributed by atoms with E-state index in [1.807, 2.05) is 56.3 Å². The predicted octanol–water partition coefficient (Wildman–Crippen LogP) is 3.63. The van der Waals surface area contributed by atoms with E-state index in [0.29, 0.717) is 18.5 Å². The second-order valence-electron chi connectivity index (χ2n) is 6.92. The van der Waals surface area contributed by atoms with Crippen molar-refractivity contribution < 1.29 is 14.3 Å². The van der Waals surface area contributed by atoms with Gasteiger partial charge in [0.25, 0.3) is 0 Å². The number of Topliss-reactive ketones (excluding diaryl/α,β-unsaturated/α-hetero) is 1. The highest BCUT2D eigenvalue weighted by atomic mass is 16.5. The number of para-hydroxylation sites is 1. The molecule has 0 aliphatic carbocycles. The zero-order chi connectivity index (χ0) is 17.6. The molecule has 2 aliphatic rings. The van der Waals surface area contributed by atoms with Crippen molar-refractivity contribution in [3.05, 3.63) is 65.7 Å². The van der Waals surface area contributed by atoms with Gasteiger partial charge in [0.05, 0.1) is 0 Å². The fraction of sp³-hybridized carbons (Fsp3) is 0.333. The van der Waals surface area contributed by atoms with Crippen LogP contribution in [0, 0.1) is 5.92 Å². The molecule has 3 atom stereocenters. The Hall–Kier alpha value is -2.62. The smallest absolute Gasteiger partial charge is 0.237 e. The third-order valence-corrected chi connectivity index (χ3v) is 5.41. The standard InChI is InChI=1S/C21H21NO3/c1-3-22-20(24)18(19(23)14-9-5-4-6-10-14)16-13-21(22,2)25-17-12-8-7-11-15(16)17/h4-12,16,18H,3,13H2,1-2H3. The fourth-order valence-electron chi connectivity index (χ4n) is 4.28. The molecule has 1 amide bonds. The molecule has 0 N–H and O–H groups in total.